The third kappa shape index (κ3) is 6.81. The molecule has 0 saturated heterocycles. The average Bonchev–Trinajstić information content (AvgIpc) is 2.51. The maximum atomic E-state index is 11.7. The van der Waals surface area contributed by atoms with E-state index in [1.54, 1.807) is 38.1 Å². The molecular weight excluding hydrogens is 310 g/mol. The number of Topliss-reactive ketones (excluding diaryl/α,β-unsaturated/α-hetero) is 1. The summed E-state index contributed by atoms with van der Waals surface area (Å²) in [5.74, 6) is -0.425. The van der Waals surface area contributed by atoms with Crippen molar-refractivity contribution >= 4 is 17.7 Å². The van der Waals surface area contributed by atoms with Crippen LogP contribution in [-0.4, -0.2) is 35.9 Å². The largest absolute Gasteiger partial charge is 0.494 e. The third-order valence-corrected chi connectivity index (χ3v) is 3.71. The lowest BCUT2D eigenvalue weighted by Crippen LogP contribution is -2.31. The van der Waals surface area contributed by atoms with Crippen molar-refractivity contribution in [1.82, 2.24) is 5.32 Å². The van der Waals surface area contributed by atoms with E-state index in [1.165, 1.54) is 6.92 Å². The van der Waals surface area contributed by atoms with Gasteiger partial charge in [-0.15, -0.1) is 0 Å². The molecule has 0 unspecified atom stereocenters. The molecule has 0 heterocycles. The van der Waals surface area contributed by atoms with Gasteiger partial charge in [-0.2, -0.15) is 0 Å². The van der Waals surface area contributed by atoms with E-state index in [-0.39, 0.29) is 11.7 Å². The lowest BCUT2D eigenvalue weighted by molar-refractivity contribution is -0.147. The number of aliphatic carboxylic acids is 1. The topological polar surface area (TPSA) is 92.7 Å². The molecule has 2 N–H and O–H groups in total. The molecule has 0 bridgehead atoms. The van der Waals surface area contributed by atoms with Crippen LogP contribution in [0.15, 0.2) is 24.3 Å². The summed E-state index contributed by atoms with van der Waals surface area (Å²) in [6.45, 7) is 5.46. The molecule has 1 aromatic rings. The molecule has 0 aromatic heterocycles. The Labute approximate surface area is 142 Å². The number of hydrogen-bond acceptors (Lipinski definition) is 4. The molecule has 1 amide bonds. The van der Waals surface area contributed by atoms with Crippen molar-refractivity contribution in [3.05, 3.63) is 29.8 Å². The number of benzene rings is 1. The van der Waals surface area contributed by atoms with Crippen molar-refractivity contribution in [3.8, 4) is 5.75 Å². The monoisotopic (exact) mass is 335 g/mol. The normalized spacial score (nSPS) is 11.0. The highest BCUT2D eigenvalue weighted by Crippen LogP contribution is 2.19. The standard InChI is InChI=1S/C18H25NO5/c1-13(20)14-6-4-7-15(12-14)24-11-5-8-16(21)19-10-9-18(2,3)17(22)23/h4,6-7,12H,5,8-11H2,1-3H3,(H,19,21)(H,22,23). The van der Waals surface area contributed by atoms with Crippen LogP contribution in [0.3, 0.4) is 0 Å². The highest BCUT2D eigenvalue weighted by atomic mass is 16.5. The van der Waals surface area contributed by atoms with Crippen LogP contribution in [0.25, 0.3) is 0 Å². The van der Waals surface area contributed by atoms with Gasteiger partial charge in [-0.25, -0.2) is 0 Å². The maximum absolute atomic E-state index is 11.7. The second-order valence-corrected chi connectivity index (χ2v) is 6.33. The van der Waals surface area contributed by atoms with Crippen molar-refractivity contribution in [2.45, 2.75) is 40.0 Å². The number of carbonyl (C=O) groups is 3. The van der Waals surface area contributed by atoms with Crippen LogP contribution in [-0.2, 0) is 9.59 Å². The van der Waals surface area contributed by atoms with Crippen molar-refractivity contribution in [2.75, 3.05) is 13.2 Å². The molecular formula is C18H25NO5. The zero-order chi connectivity index (χ0) is 18.2. The molecule has 0 spiro atoms. The summed E-state index contributed by atoms with van der Waals surface area (Å²) in [5.41, 5.74) is -0.260. The van der Waals surface area contributed by atoms with Crippen molar-refractivity contribution in [3.63, 3.8) is 0 Å². The van der Waals surface area contributed by atoms with Gasteiger partial charge in [0.2, 0.25) is 5.91 Å². The lowest BCUT2D eigenvalue weighted by Gasteiger charge is -2.18. The molecule has 0 atom stereocenters. The van der Waals surface area contributed by atoms with E-state index in [4.69, 9.17) is 9.84 Å². The molecule has 6 heteroatoms. The van der Waals surface area contributed by atoms with Crippen LogP contribution in [0.2, 0.25) is 0 Å². The Kier molecular flexibility index (Phi) is 7.42. The number of ketones is 1. The molecule has 0 aliphatic heterocycles. The summed E-state index contributed by atoms with van der Waals surface area (Å²) in [4.78, 5) is 33.9. The van der Waals surface area contributed by atoms with Gasteiger partial charge in [-0.1, -0.05) is 12.1 Å². The molecule has 24 heavy (non-hydrogen) atoms. The van der Waals surface area contributed by atoms with Gasteiger partial charge in [0.15, 0.2) is 5.78 Å². The van der Waals surface area contributed by atoms with E-state index in [0.29, 0.717) is 43.7 Å². The molecule has 0 radical (unpaired) electrons. The predicted molar refractivity (Wildman–Crippen MR) is 90.2 cm³/mol. The van der Waals surface area contributed by atoms with Gasteiger partial charge >= 0.3 is 5.97 Å². The van der Waals surface area contributed by atoms with Crippen LogP contribution in [0, 0.1) is 5.41 Å². The summed E-state index contributed by atoms with van der Waals surface area (Å²) in [6.07, 6.45) is 1.22. The summed E-state index contributed by atoms with van der Waals surface area (Å²) in [7, 11) is 0. The van der Waals surface area contributed by atoms with Crippen molar-refractivity contribution in [1.29, 1.82) is 0 Å². The molecule has 0 saturated carbocycles. The number of ether oxygens (including phenoxy) is 1. The molecule has 1 aromatic carbocycles. The fourth-order valence-corrected chi connectivity index (χ4v) is 1.94. The van der Waals surface area contributed by atoms with Gasteiger partial charge in [0.1, 0.15) is 5.75 Å². The second-order valence-electron chi connectivity index (χ2n) is 6.33. The zero-order valence-electron chi connectivity index (χ0n) is 14.4. The Balaban J connectivity index is 2.23. The zero-order valence-corrected chi connectivity index (χ0v) is 14.4. The first-order chi connectivity index (χ1) is 11.2. The fraction of sp³-hybridized carbons (Fsp3) is 0.500. The highest BCUT2D eigenvalue weighted by molar-refractivity contribution is 5.94. The molecule has 0 aliphatic rings. The van der Waals surface area contributed by atoms with Crippen molar-refractivity contribution < 1.29 is 24.2 Å². The number of carbonyl (C=O) groups excluding carboxylic acids is 2. The Morgan fingerprint density at radius 1 is 1.25 bits per heavy atom. The van der Waals surface area contributed by atoms with E-state index < -0.39 is 11.4 Å². The van der Waals surface area contributed by atoms with Crippen LogP contribution in [0.4, 0.5) is 0 Å². The van der Waals surface area contributed by atoms with E-state index in [1.807, 2.05) is 0 Å². The minimum absolute atomic E-state index is 0.0240. The lowest BCUT2D eigenvalue weighted by atomic mass is 9.90. The van der Waals surface area contributed by atoms with E-state index in [0.717, 1.165) is 0 Å². The van der Waals surface area contributed by atoms with Gasteiger partial charge in [0.05, 0.1) is 12.0 Å². The second kappa shape index (κ2) is 9.05. The van der Waals surface area contributed by atoms with Gasteiger partial charge < -0.3 is 15.2 Å². The van der Waals surface area contributed by atoms with E-state index in [9.17, 15) is 14.4 Å². The van der Waals surface area contributed by atoms with Crippen LogP contribution >= 0.6 is 0 Å². The number of carboxylic acid groups (broad SMARTS) is 1. The van der Waals surface area contributed by atoms with Gasteiger partial charge in [0, 0.05) is 18.5 Å². The van der Waals surface area contributed by atoms with E-state index in [2.05, 4.69) is 5.32 Å². The van der Waals surface area contributed by atoms with Gasteiger partial charge in [0.25, 0.3) is 0 Å². The quantitative estimate of drug-likeness (QED) is 0.506. The third-order valence-electron chi connectivity index (χ3n) is 3.71. The summed E-state index contributed by atoms with van der Waals surface area (Å²) in [5, 5.41) is 11.7. The Morgan fingerprint density at radius 2 is 1.96 bits per heavy atom. The smallest absolute Gasteiger partial charge is 0.309 e. The molecule has 1 rings (SSSR count). The number of hydrogen-bond donors (Lipinski definition) is 2. The highest BCUT2D eigenvalue weighted by Gasteiger charge is 2.26. The Morgan fingerprint density at radius 3 is 2.58 bits per heavy atom. The van der Waals surface area contributed by atoms with Crippen molar-refractivity contribution in [2.24, 2.45) is 5.41 Å². The molecule has 6 nitrogen and oxygen atoms in total. The van der Waals surface area contributed by atoms with Crippen LogP contribution in [0.1, 0.15) is 50.4 Å². The summed E-state index contributed by atoms with van der Waals surface area (Å²) >= 11 is 0. The maximum Gasteiger partial charge on any atom is 0.309 e. The first-order valence-electron chi connectivity index (χ1n) is 7.96. The number of rotatable bonds is 10. The molecule has 132 valence electrons. The average molecular weight is 335 g/mol. The van der Waals surface area contributed by atoms with Gasteiger partial charge in [-0.3, -0.25) is 14.4 Å². The fourth-order valence-electron chi connectivity index (χ4n) is 1.94. The van der Waals surface area contributed by atoms with Gasteiger partial charge in [-0.05, 0) is 45.7 Å². The SMILES string of the molecule is CC(=O)c1cccc(OCCCC(=O)NCCC(C)(C)C(=O)O)c1. The first kappa shape index (κ1) is 19.7. The van der Waals surface area contributed by atoms with Crippen LogP contribution < -0.4 is 10.1 Å². The Hall–Kier alpha value is -2.37. The first-order valence-corrected chi connectivity index (χ1v) is 7.96. The minimum atomic E-state index is -0.877. The minimum Gasteiger partial charge on any atom is -0.494 e. The summed E-state index contributed by atoms with van der Waals surface area (Å²) in [6, 6.07) is 6.92. The number of amides is 1. The van der Waals surface area contributed by atoms with Crippen LogP contribution in [0.5, 0.6) is 5.75 Å². The Bertz CT molecular complexity index is 595. The molecule has 0 fully saturated rings. The predicted octanol–water partition coefficient (Wildman–Crippen LogP) is 2.67. The number of nitrogens with one attached hydrogen (secondary N) is 1. The molecule has 0 aliphatic carbocycles. The number of carboxylic acids is 1. The van der Waals surface area contributed by atoms with E-state index >= 15 is 0 Å². The summed E-state index contributed by atoms with van der Waals surface area (Å²) < 4.78 is 5.53.